The molecule has 0 unspecified atom stereocenters. The van der Waals surface area contributed by atoms with E-state index in [1.54, 1.807) is 41.5 Å². The number of carboxylic acid groups (broad SMARTS) is 2. The van der Waals surface area contributed by atoms with E-state index in [4.69, 9.17) is 15.2 Å². The van der Waals surface area contributed by atoms with Gasteiger partial charge < -0.3 is 51.0 Å². The summed E-state index contributed by atoms with van der Waals surface area (Å²) in [4.78, 5) is 28.0. The standard InChI is InChI=1S/2C5H10O2.Co.HNO2.5H2N/c2*1-5(2,3)4(6)7;;2-1-3;;;;;/h2*1-3H3,(H,6,7);;(H,2,3);5*1H2/q;;+3;;5*-1/p-1. The van der Waals surface area contributed by atoms with Crippen molar-refractivity contribution in [1.29, 1.82) is 0 Å². The van der Waals surface area contributed by atoms with Crippen molar-refractivity contribution < 1.29 is 41.8 Å². The number of carbonyl (C=O) groups excluding carboxylic acids is 1. The predicted molar refractivity (Wildman–Crippen MR) is 85.6 cm³/mol. The molecule has 13 heteroatoms. The van der Waals surface area contributed by atoms with Gasteiger partial charge in [-0.05, 0) is 20.8 Å². The smallest absolute Gasteiger partial charge is 0.693 e. The topological polar surface area (TPSA) is 295 Å². The Morgan fingerprint density at radius 3 is 0.913 bits per heavy atom. The molecule has 0 amide bonds. The Bertz CT molecular complexity index is 244. The van der Waals surface area contributed by atoms with Crippen LogP contribution in [0.3, 0.4) is 0 Å². The van der Waals surface area contributed by atoms with Crippen molar-refractivity contribution in [3.05, 3.63) is 35.7 Å². The van der Waals surface area contributed by atoms with E-state index in [1.165, 1.54) is 5.34 Å². The molecule has 23 heavy (non-hydrogen) atoms. The molecule has 0 saturated carbocycles. The molecule has 0 spiro atoms. The van der Waals surface area contributed by atoms with Gasteiger partial charge in [-0.2, -0.15) is 0 Å². The van der Waals surface area contributed by atoms with Crippen molar-refractivity contribution in [3.8, 4) is 0 Å². The number of carboxylic acids is 2. The van der Waals surface area contributed by atoms with E-state index < -0.39 is 22.8 Å². The Labute approximate surface area is 147 Å². The van der Waals surface area contributed by atoms with Gasteiger partial charge >= 0.3 is 22.7 Å². The van der Waals surface area contributed by atoms with Crippen molar-refractivity contribution in [2.45, 2.75) is 41.5 Å². The molecule has 0 aliphatic rings. The SMILES string of the molecule is CC(C)(C)C(=O)O.CC(C)(C)C(=O)[O-].O=NO.[Co+3].[NH2-].[NH2-].[NH2-].[NH2-].[NH2-]. The Hall–Kier alpha value is -1.35. The first-order valence-corrected chi connectivity index (χ1v) is 4.72. The van der Waals surface area contributed by atoms with Crippen LogP contribution in [-0.2, 0) is 26.4 Å². The Balaban J connectivity index is -0.0000000170. The molecule has 0 fully saturated rings. The van der Waals surface area contributed by atoms with Crippen molar-refractivity contribution in [1.82, 2.24) is 0 Å². The van der Waals surface area contributed by atoms with Gasteiger partial charge in [-0.3, -0.25) is 4.79 Å². The molecule has 0 aromatic carbocycles. The molecule has 0 aliphatic heterocycles. The number of hydrogen-bond donors (Lipinski definition) is 2. The fourth-order valence-electron chi connectivity index (χ4n) is 0. The fourth-order valence-corrected chi connectivity index (χ4v) is 0. The summed E-state index contributed by atoms with van der Waals surface area (Å²) in [6, 6.07) is 0. The zero-order valence-electron chi connectivity index (χ0n) is 14.2. The molecule has 0 radical (unpaired) electrons. The summed E-state index contributed by atoms with van der Waals surface area (Å²) >= 11 is 0. The van der Waals surface area contributed by atoms with E-state index in [1.807, 2.05) is 0 Å². The van der Waals surface area contributed by atoms with Gasteiger partial charge in [0.1, 0.15) is 0 Å². The Kier molecular flexibility index (Phi) is 64.2. The maximum Gasteiger partial charge on any atom is 3.00 e. The molecule has 0 heterocycles. The van der Waals surface area contributed by atoms with E-state index >= 15 is 0 Å². The van der Waals surface area contributed by atoms with Gasteiger partial charge in [-0.25, -0.2) is 0 Å². The second-order valence-corrected chi connectivity index (χ2v) is 5.17. The zero-order chi connectivity index (χ0) is 14.9. The van der Waals surface area contributed by atoms with E-state index in [0.29, 0.717) is 0 Å². The summed E-state index contributed by atoms with van der Waals surface area (Å²) in [7, 11) is 0. The first-order chi connectivity index (χ1) is 7.30. The normalized spacial score (nSPS) is 7.39. The number of nitrogens with two attached hydrogens (primary N) is 5. The van der Waals surface area contributed by atoms with Crippen LogP contribution >= 0.6 is 0 Å². The zero-order valence-corrected chi connectivity index (χ0v) is 15.2. The monoisotopic (exact) mass is 389 g/mol. The van der Waals surface area contributed by atoms with Crippen LogP contribution < -0.4 is 5.11 Å². The van der Waals surface area contributed by atoms with Crippen LogP contribution in [0.2, 0.25) is 0 Å². The molecule has 0 aromatic rings. The summed E-state index contributed by atoms with van der Waals surface area (Å²) in [5.74, 6) is -1.76. The molecule has 12 nitrogen and oxygen atoms in total. The van der Waals surface area contributed by atoms with Crippen LogP contribution in [0.25, 0.3) is 30.8 Å². The third kappa shape index (κ3) is 63.3. The van der Waals surface area contributed by atoms with E-state index in [2.05, 4.69) is 0 Å². The first kappa shape index (κ1) is 57.7. The molecular weight excluding hydrogens is 359 g/mol. The maximum atomic E-state index is 10.0. The van der Waals surface area contributed by atoms with Crippen molar-refractivity contribution in [2.24, 2.45) is 16.2 Å². The molecule has 0 bridgehead atoms. The Morgan fingerprint density at radius 1 is 0.826 bits per heavy atom. The molecule has 0 saturated heterocycles. The van der Waals surface area contributed by atoms with Gasteiger partial charge in [0.05, 0.1) is 5.41 Å². The largest absolute Gasteiger partial charge is 3.00 e. The molecule has 0 aromatic heterocycles. The molecule has 148 valence electrons. The summed E-state index contributed by atoms with van der Waals surface area (Å²) in [5.41, 5.74) is -1.28. The van der Waals surface area contributed by atoms with Crippen molar-refractivity contribution in [2.75, 3.05) is 0 Å². The number of nitrogens with zero attached hydrogens (tertiary/aromatic N) is 1. The molecule has 0 atom stereocenters. The first-order valence-electron chi connectivity index (χ1n) is 4.72. The maximum absolute atomic E-state index is 10.0. The van der Waals surface area contributed by atoms with Crippen LogP contribution in [0, 0.1) is 15.7 Å². The third-order valence-electron chi connectivity index (χ3n) is 1.25. The Morgan fingerprint density at radius 2 is 0.913 bits per heavy atom. The molecule has 12 N–H and O–H groups in total. The number of rotatable bonds is 0. The van der Waals surface area contributed by atoms with Gasteiger partial charge in [0.2, 0.25) is 0 Å². The van der Waals surface area contributed by atoms with Crippen molar-refractivity contribution >= 4 is 11.9 Å². The molecular formula is C10H30CoN6O6-3. The minimum atomic E-state index is -1.01. The second-order valence-electron chi connectivity index (χ2n) is 5.17. The predicted octanol–water partition coefficient (Wildman–Crippen LogP) is 4.62. The average molecular weight is 389 g/mol. The van der Waals surface area contributed by atoms with E-state index in [-0.39, 0.29) is 47.5 Å². The van der Waals surface area contributed by atoms with Crippen LogP contribution in [0.15, 0.2) is 5.34 Å². The summed E-state index contributed by atoms with van der Waals surface area (Å²) in [6.07, 6.45) is 0. The third-order valence-corrected chi connectivity index (χ3v) is 1.25. The van der Waals surface area contributed by atoms with Crippen LogP contribution in [0.5, 0.6) is 0 Å². The summed E-state index contributed by atoms with van der Waals surface area (Å²) < 4.78 is 0. The number of aliphatic carboxylic acids is 2. The number of hydrogen-bond acceptors (Lipinski definition) is 5. The van der Waals surface area contributed by atoms with Gasteiger partial charge in [0, 0.05) is 11.4 Å². The van der Waals surface area contributed by atoms with Crippen LogP contribution in [0.4, 0.5) is 0 Å². The average Bonchev–Trinajstić information content (AvgIpc) is 2.02. The van der Waals surface area contributed by atoms with Gasteiger partial charge in [0.15, 0.2) is 5.34 Å². The summed E-state index contributed by atoms with van der Waals surface area (Å²) in [5, 5.41) is 26.0. The fraction of sp³-hybridized carbons (Fsp3) is 0.800. The van der Waals surface area contributed by atoms with Gasteiger partial charge in [-0.15, -0.1) is 4.91 Å². The molecule has 0 rings (SSSR count). The minimum absolute atomic E-state index is 0. The second kappa shape index (κ2) is 25.6. The van der Waals surface area contributed by atoms with E-state index in [9.17, 15) is 14.7 Å². The van der Waals surface area contributed by atoms with Gasteiger partial charge in [0.25, 0.3) is 0 Å². The summed E-state index contributed by atoms with van der Waals surface area (Å²) in [6.45, 7) is 9.78. The minimum Gasteiger partial charge on any atom is -0.693 e. The molecule has 0 aliphatic carbocycles. The van der Waals surface area contributed by atoms with Crippen molar-refractivity contribution in [3.63, 3.8) is 0 Å². The number of carbonyl (C=O) groups is 2. The quantitative estimate of drug-likeness (QED) is 0.439. The van der Waals surface area contributed by atoms with Crippen LogP contribution in [0.1, 0.15) is 41.5 Å². The van der Waals surface area contributed by atoms with Gasteiger partial charge in [-0.1, -0.05) is 20.8 Å². The van der Waals surface area contributed by atoms with E-state index in [0.717, 1.165) is 0 Å². The van der Waals surface area contributed by atoms with Crippen LogP contribution in [-0.4, -0.2) is 22.3 Å².